The van der Waals surface area contributed by atoms with Crippen molar-refractivity contribution in [2.75, 3.05) is 19.6 Å². The Labute approximate surface area is 649 Å². The lowest BCUT2D eigenvalue weighted by Gasteiger charge is -2.28. The lowest BCUT2D eigenvalue weighted by atomic mass is 9.79. The van der Waals surface area contributed by atoms with E-state index < -0.39 is 10.8 Å². The van der Waals surface area contributed by atoms with Crippen molar-refractivity contribution in [3.8, 4) is 44.5 Å². The molecule has 18 rings (SSSR count). The Kier molecular flexibility index (Phi) is 15.1. The molecule has 108 heavy (non-hydrogen) atoms. The van der Waals surface area contributed by atoms with E-state index in [0.717, 1.165) is 90.0 Å². The summed E-state index contributed by atoms with van der Waals surface area (Å²) in [6.45, 7) is 34.7. The molecule has 0 N–H and O–H groups in total. The molecule has 4 aliphatic rings. The molecule has 0 unspecified atom stereocenters. The van der Waals surface area contributed by atoms with Crippen LogP contribution in [0.1, 0.15) is 153 Å². The molecule has 532 valence electrons. The maximum Gasteiger partial charge on any atom is 0.0648 e. The first-order valence-electron chi connectivity index (χ1n) is 41.0. The molecule has 0 atom stereocenters. The van der Waals surface area contributed by atoms with Crippen molar-refractivity contribution in [1.82, 2.24) is 0 Å². The van der Waals surface area contributed by atoms with E-state index in [-0.39, 0.29) is 47.1 Å². The molecule has 4 heteroatoms. The summed E-state index contributed by atoms with van der Waals surface area (Å²) >= 11 is 0. The predicted molar refractivity (Wildman–Crippen MR) is 460 cm³/mol. The van der Waals surface area contributed by atoms with Crippen molar-refractivity contribution in [2.45, 2.75) is 132 Å². The molecule has 4 aliphatic carbocycles. The second-order valence-corrected chi connectivity index (χ2v) is 32.8. The SMILES string of the molecule is Cc1ccc(N(c2ccc(C)cc2)c2ccc3c(c2)C(C)(C)c2cc4c(cc2-3)C(C)(C)c2cc(N(c3ccc(C)cc3)c3ccc(C)cc3)ccc2-4)cc1.[2H]c1c([2H])c(N(c2ccc(C)cc2)c2ccc(C)cc2)c([2H])c2c1-c1cc3c(cc1C2(C)C)-c1c([2H])c([2H])c(N(c2ccc(C)cc2)c2ccc(C)cc2)c([2H])c1C3(C)C. The van der Waals surface area contributed by atoms with E-state index in [9.17, 15) is 8.22 Å². The fourth-order valence-electron chi connectivity index (χ4n) is 17.2. The third kappa shape index (κ3) is 11.7. The van der Waals surface area contributed by atoms with E-state index in [1.54, 1.807) is 0 Å². The third-order valence-electron chi connectivity index (χ3n) is 23.6. The number of rotatable bonds is 12. The van der Waals surface area contributed by atoms with Gasteiger partial charge in [0, 0.05) is 89.9 Å². The summed E-state index contributed by atoms with van der Waals surface area (Å²) in [7, 11) is 0. The highest BCUT2D eigenvalue weighted by Gasteiger charge is 2.45. The maximum absolute atomic E-state index is 9.96. The predicted octanol–water partition coefficient (Wildman–Crippen LogP) is 28.9. The van der Waals surface area contributed by atoms with Gasteiger partial charge in [0.2, 0.25) is 0 Å². The lowest BCUT2D eigenvalue weighted by molar-refractivity contribution is 0.652. The standard InChI is InChI=1S/2C52H48N2/c2*1-33-9-17-37(18-10-33)53(38-19-11-34(2)12-20-38)41-25-27-43-45-31-50-46(32-49(45)51(5,6)47(43)29-41)44-28-26-42(30-48(44)52(50,7)8)54(39-21-13-35(3)14-22-39)40-23-15-36(4)16-24-40/h2*9-32H,1-8H3/i25D,26D,27D,28D,29D,30D;. The van der Waals surface area contributed by atoms with Gasteiger partial charge >= 0.3 is 0 Å². The maximum atomic E-state index is 9.96. The quantitative estimate of drug-likeness (QED) is 0.121. The van der Waals surface area contributed by atoms with Crippen LogP contribution in [0.25, 0.3) is 44.5 Å². The van der Waals surface area contributed by atoms with Gasteiger partial charge in [-0.3, -0.25) is 0 Å². The molecule has 0 aliphatic heterocycles. The van der Waals surface area contributed by atoms with Gasteiger partial charge in [-0.2, -0.15) is 0 Å². The average Bonchev–Trinajstić information content (AvgIpc) is 1.52. The van der Waals surface area contributed by atoms with Crippen LogP contribution in [0.4, 0.5) is 68.2 Å². The molecule has 0 saturated heterocycles. The number of hydrogen-bond acceptors (Lipinski definition) is 4. The van der Waals surface area contributed by atoms with E-state index in [0.29, 0.717) is 33.6 Å². The summed E-state index contributed by atoms with van der Waals surface area (Å²) in [5, 5.41) is 0. The van der Waals surface area contributed by atoms with Crippen LogP contribution in [-0.2, 0) is 21.7 Å². The highest BCUT2D eigenvalue weighted by atomic mass is 15.2. The van der Waals surface area contributed by atoms with E-state index in [2.05, 4.69) is 251 Å². The summed E-state index contributed by atoms with van der Waals surface area (Å²) in [6.07, 6.45) is 0. The number of aryl methyl sites for hydroxylation is 8. The Morgan fingerprint density at radius 1 is 0.176 bits per heavy atom. The molecular weight excluding hydrogens is 1310 g/mol. The number of anilines is 12. The number of hydrogen-bond donors (Lipinski definition) is 0. The van der Waals surface area contributed by atoms with Gasteiger partial charge in [0.1, 0.15) is 0 Å². The summed E-state index contributed by atoms with van der Waals surface area (Å²) in [6, 6.07) is 91.7. The molecule has 14 aromatic carbocycles. The van der Waals surface area contributed by atoms with Crippen molar-refractivity contribution in [3.63, 3.8) is 0 Å². The minimum Gasteiger partial charge on any atom is -0.310 e. The van der Waals surface area contributed by atoms with E-state index >= 15 is 0 Å². The topological polar surface area (TPSA) is 13.0 Å². The first-order chi connectivity index (χ1) is 54.3. The Morgan fingerprint density at radius 3 is 0.574 bits per heavy atom. The highest BCUT2D eigenvalue weighted by Crippen LogP contribution is 2.60. The van der Waals surface area contributed by atoms with E-state index in [4.69, 9.17) is 0 Å². The second-order valence-electron chi connectivity index (χ2n) is 32.8. The Hall–Kier alpha value is -11.7. The Bertz CT molecular complexity index is 5650. The molecule has 0 aromatic heterocycles. The monoisotopic (exact) mass is 1410 g/mol. The van der Waals surface area contributed by atoms with Gasteiger partial charge < -0.3 is 19.6 Å². The highest BCUT2D eigenvalue weighted by molar-refractivity contribution is 5.95. The molecular formula is C104H96N4. The van der Waals surface area contributed by atoms with Crippen molar-refractivity contribution < 1.29 is 8.22 Å². The average molecular weight is 1410 g/mol. The van der Waals surface area contributed by atoms with Crippen LogP contribution in [0.3, 0.4) is 0 Å². The van der Waals surface area contributed by atoms with Crippen LogP contribution in [0, 0.1) is 55.4 Å². The van der Waals surface area contributed by atoms with Gasteiger partial charge in [0.15, 0.2) is 0 Å². The van der Waals surface area contributed by atoms with Crippen LogP contribution >= 0.6 is 0 Å². The number of fused-ring (bicyclic) bond motifs is 12. The van der Waals surface area contributed by atoms with Crippen LogP contribution in [0.5, 0.6) is 0 Å². The Morgan fingerprint density at radius 2 is 0.352 bits per heavy atom. The summed E-state index contributed by atoms with van der Waals surface area (Å²) < 4.78 is 58.6. The van der Waals surface area contributed by atoms with Gasteiger partial charge in [-0.1, -0.05) is 221 Å². The zero-order valence-electron chi connectivity index (χ0n) is 71.0. The summed E-state index contributed by atoms with van der Waals surface area (Å²) in [5.74, 6) is 0. The van der Waals surface area contributed by atoms with Gasteiger partial charge in [-0.15, -0.1) is 0 Å². The summed E-state index contributed by atoms with van der Waals surface area (Å²) in [4.78, 5) is 8.66. The fourth-order valence-corrected chi connectivity index (χ4v) is 17.2. The van der Waals surface area contributed by atoms with E-state index in [1.165, 1.54) is 78.1 Å². The molecule has 0 bridgehead atoms. The molecule has 0 amide bonds. The summed E-state index contributed by atoms with van der Waals surface area (Å²) in [5.41, 5.74) is 35.5. The number of benzene rings is 14. The Balaban J connectivity index is 0.000000166. The first kappa shape index (κ1) is 62.5. The van der Waals surface area contributed by atoms with Gasteiger partial charge in [-0.05, 0) is 314 Å². The van der Waals surface area contributed by atoms with Crippen molar-refractivity contribution in [1.29, 1.82) is 0 Å². The van der Waals surface area contributed by atoms with Crippen molar-refractivity contribution in [2.24, 2.45) is 0 Å². The van der Waals surface area contributed by atoms with Crippen molar-refractivity contribution in [3.05, 3.63) is 380 Å². The van der Waals surface area contributed by atoms with Crippen LogP contribution in [-0.4, -0.2) is 0 Å². The minimum absolute atomic E-state index is 0.0238. The zero-order valence-corrected chi connectivity index (χ0v) is 65.0. The number of nitrogens with zero attached hydrogens (tertiary/aromatic N) is 4. The first-order valence-corrected chi connectivity index (χ1v) is 38.0. The molecule has 0 saturated carbocycles. The zero-order chi connectivity index (χ0) is 80.3. The molecule has 14 aromatic rings. The van der Waals surface area contributed by atoms with Gasteiger partial charge in [0.25, 0.3) is 0 Å². The second kappa shape index (κ2) is 26.1. The normalized spacial score (nSPS) is 15.0. The van der Waals surface area contributed by atoms with Crippen LogP contribution < -0.4 is 19.6 Å². The molecule has 0 spiro atoms. The minimum atomic E-state index is -0.752. The third-order valence-corrected chi connectivity index (χ3v) is 23.6. The smallest absolute Gasteiger partial charge is 0.0648 e. The van der Waals surface area contributed by atoms with Gasteiger partial charge in [0.05, 0.1) is 8.22 Å². The lowest BCUT2D eigenvalue weighted by Crippen LogP contribution is -2.18. The van der Waals surface area contributed by atoms with Gasteiger partial charge in [-0.25, -0.2) is 0 Å². The molecule has 0 radical (unpaired) electrons. The van der Waals surface area contributed by atoms with Crippen LogP contribution in [0.2, 0.25) is 0 Å². The van der Waals surface area contributed by atoms with Crippen molar-refractivity contribution >= 4 is 68.2 Å². The molecule has 4 nitrogen and oxygen atoms in total. The molecule has 0 fully saturated rings. The largest absolute Gasteiger partial charge is 0.310 e. The fraction of sp³-hybridized carbons (Fsp3) is 0.192. The molecule has 0 heterocycles. The van der Waals surface area contributed by atoms with Crippen LogP contribution in [0.15, 0.2) is 291 Å². The van der Waals surface area contributed by atoms with E-state index in [1.807, 2.05) is 135 Å².